The molecule has 1 aliphatic heterocycles. The van der Waals surface area contributed by atoms with E-state index in [-0.39, 0.29) is 30.2 Å². The topological polar surface area (TPSA) is 87.7 Å². The predicted octanol–water partition coefficient (Wildman–Crippen LogP) is 1.42. The number of hydrogen-bond donors (Lipinski definition) is 2. The van der Waals surface area contributed by atoms with Crippen LogP contribution in [-0.4, -0.2) is 54.1 Å². The van der Waals surface area contributed by atoms with Crippen molar-refractivity contribution in [3.8, 4) is 0 Å². The van der Waals surface area contributed by atoms with Crippen molar-refractivity contribution in [1.82, 2.24) is 15.5 Å². The van der Waals surface area contributed by atoms with Crippen molar-refractivity contribution in [2.75, 3.05) is 13.6 Å². The van der Waals surface area contributed by atoms with Gasteiger partial charge in [-0.2, -0.15) is 0 Å². The summed E-state index contributed by atoms with van der Waals surface area (Å²) in [6, 6.07) is -0.309. The second-order valence-corrected chi connectivity index (χ2v) is 7.75. The Morgan fingerprint density at radius 1 is 1.25 bits per heavy atom. The lowest BCUT2D eigenvalue weighted by Gasteiger charge is -2.34. The van der Waals surface area contributed by atoms with Crippen LogP contribution in [0.1, 0.15) is 52.9 Å². The minimum atomic E-state index is -0.518. The van der Waals surface area contributed by atoms with E-state index in [1.54, 1.807) is 0 Å². The monoisotopic (exact) mass is 339 g/mol. The Morgan fingerprint density at radius 2 is 1.92 bits per heavy atom. The molecule has 24 heavy (non-hydrogen) atoms. The number of imide groups is 1. The highest BCUT2D eigenvalue weighted by molar-refractivity contribution is 6.05. The predicted molar refractivity (Wildman–Crippen MR) is 89.3 cm³/mol. The number of hydrogen-bond acceptors (Lipinski definition) is 5. The van der Waals surface area contributed by atoms with E-state index in [1.807, 2.05) is 20.8 Å². The molecule has 0 aromatic carbocycles. The maximum atomic E-state index is 12.1. The fraction of sp³-hybridized carbons (Fsp3) is 0.824. The molecular formula is C17H29N3O4. The highest BCUT2D eigenvalue weighted by Gasteiger charge is 2.38. The first-order valence-corrected chi connectivity index (χ1v) is 8.70. The molecule has 2 N–H and O–H groups in total. The Morgan fingerprint density at radius 3 is 2.50 bits per heavy atom. The Balaban J connectivity index is 1.88. The molecule has 1 aliphatic carbocycles. The van der Waals surface area contributed by atoms with E-state index >= 15 is 0 Å². The van der Waals surface area contributed by atoms with Crippen LogP contribution >= 0.6 is 0 Å². The van der Waals surface area contributed by atoms with E-state index < -0.39 is 17.7 Å². The van der Waals surface area contributed by atoms with Crippen LogP contribution in [0.15, 0.2) is 0 Å². The van der Waals surface area contributed by atoms with Crippen molar-refractivity contribution < 1.29 is 19.1 Å². The summed E-state index contributed by atoms with van der Waals surface area (Å²) in [6.07, 6.45) is 3.93. The first kappa shape index (κ1) is 18.7. The lowest BCUT2D eigenvalue weighted by Crippen LogP contribution is -2.50. The van der Waals surface area contributed by atoms with Gasteiger partial charge >= 0.3 is 6.09 Å². The Kier molecular flexibility index (Phi) is 5.85. The molecule has 3 amide bonds. The second kappa shape index (κ2) is 7.51. The third-order valence-corrected chi connectivity index (χ3v) is 4.61. The molecular weight excluding hydrogens is 310 g/mol. The second-order valence-electron chi connectivity index (χ2n) is 7.75. The van der Waals surface area contributed by atoms with Crippen molar-refractivity contribution in [3.63, 3.8) is 0 Å². The smallest absolute Gasteiger partial charge is 0.407 e. The van der Waals surface area contributed by atoms with Crippen LogP contribution in [0.4, 0.5) is 4.79 Å². The first-order valence-electron chi connectivity index (χ1n) is 8.70. The molecule has 0 aromatic heterocycles. The summed E-state index contributed by atoms with van der Waals surface area (Å²) in [6.45, 7) is 6.00. The Labute approximate surface area is 143 Å². The zero-order chi connectivity index (χ0) is 17.9. The molecule has 0 radical (unpaired) electrons. The average Bonchev–Trinajstić information content (AvgIpc) is 2.72. The summed E-state index contributed by atoms with van der Waals surface area (Å²) in [5, 5.41) is 6.18. The van der Waals surface area contributed by atoms with Gasteiger partial charge in [0.2, 0.25) is 11.8 Å². The quantitative estimate of drug-likeness (QED) is 0.756. The van der Waals surface area contributed by atoms with Crippen molar-refractivity contribution >= 4 is 17.9 Å². The molecule has 0 bridgehead atoms. The SMILES string of the molecule is CN1C(=O)CC(NC2CCCCC2CNC(=O)OC(C)(C)C)C1=O. The highest BCUT2D eigenvalue weighted by atomic mass is 16.6. The van der Waals surface area contributed by atoms with Gasteiger partial charge in [-0.05, 0) is 39.5 Å². The van der Waals surface area contributed by atoms with Crippen LogP contribution in [0.2, 0.25) is 0 Å². The molecule has 2 rings (SSSR count). The molecule has 7 nitrogen and oxygen atoms in total. The summed E-state index contributed by atoms with van der Waals surface area (Å²) in [5.74, 6) is -0.0683. The Hall–Kier alpha value is -1.63. The largest absolute Gasteiger partial charge is 0.444 e. The number of ether oxygens (including phenoxy) is 1. The number of likely N-dealkylation sites (tertiary alicyclic amines) is 1. The van der Waals surface area contributed by atoms with Gasteiger partial charge in [-0.3, -0.25) is 14.5 Å². The molecule has 2 aliphatic rings. The molecule has 1 saturated carbocycles. The summed E-state index contributed by atoms with van der Waals surface area (Å²) < 4.78 is 5.27. The molecule has 3 atom stereocenters. The summed E-state index contributed by atoms with van der Waals surface area (Å²) in [5.41, 5.74) is -0.518. The molecule has 1 saturated heterocycles. The van der Waals surface area contributed by atoms with Gasteiger partial charge < -0.3 is 15.4 Å². The molecule has 7 heteroatoms. The van der Waals surface area contributed by atoms with E-state index in [0.717, 1.165) is 25.7 Å². The number of carbonyl (C=O) groups excluding carboxylic acids is 3. The van der Waals surface area contributed by atoms with Crippen LogP contribution in [0.5, 0.6) is 0 Å². The van der Waals surface area contributed by atoms with Gasteiger partial charge in [0.05, 0.1) is 12.5 Å². The molecule has 2 fully saturated rings. The molecule has 0 spiro atoms. The van der Waals surface area contributed by atoms with E-state index in [4.69, 9.17) is 4.74 Å². The maximum Gasteiger partial charge on any atom is 0.407 e. The molecule has 1 heterocycles. The normalized spacial score (nSPS) is 28.2. The van der Waals surface area contributed by atoms with Gasteiger partial charge in [0, 0.05) is 19.6 Å². The fourth-order valence-electron chi connectivity index (χ4n) is 3.34. The van der Waals surface area contributed by atoms with Gasteiger partial charge in [-0.25, -0.2) is 4.79 Å². The molecule has 136 valence electrons. The van der Waals surface area contributed by atoms with Crippen LogP contribution in [0, 0.1) is 5.92 Å². The van der Waals surface area contributed by atoms with Gasteiger partial charge in [-0.15, -0.1) is 0 Å². The zero-order valence-corrected chi connectivity index (χ0v) is 15.1. The number of nitrogens with zero attached hydrogens (tertiary/aromatic N) is 1. The van der Waals surface area contributed by atoms with Crippen molar-refractivity contribution in [2.24, 2.45) is 5.92 Å². The molecule has 0 aromatic rings. The van der Waals surface area contributed by atoms with Crippen LogP contribution in [-0.2, 0) is 14.3 Å². The number of likely N-dealkylation sites (N-methyl/N-ethyl adjacent to an activating group) is 1. The van der Waals surface area contributed by atoms with Gasteiger partial charge in [0.25, 0.3) is 0 Å². The van der Waals surface area contributed by atoms with E-state index in [9.17, 15) is 14.4 Å². The van der Waals surface area contributed by atoms with E-state index in [0.29, 0.717) is 6.54 Å². The number of rotatable bonds is 4. The fourth-order valence-corrected chi connectivity index (χ4v) is 3.34. The van der Waals surface area contributed by atoms with Crippen LogP contribution in [0.25, 0.3) is 0 Å². The number of carbonyl (C=O) groups is 3. The third kappa shape index (κ3) is 4.93. The van der Waals surface area contributed by atoms with E-state index in [1.165, 1.54) is 11.9 Å². The lowest BCUT2D eigenvalue weighted by molar-refractivity contribution is -0.137. The minimum absolute atomic E-state index is 0.127. The Bertz CT molecular complexity index is 501. The summed E-state index contributed by atoms with van der Waals surface area (Å²) in [4.78, 5) is 36.7. The van der Waals surface area contributed by atoms with Gasteiger partial charge in [0.15, 0.2) is 0 Å². The number of alkyl carbamates (subject to hydrolysis) is 1. The third-order valence-electron chi connectivity index (χ3n) is 4.61. The van der Waals surface area contributed by atoms with Gasteiger partial charge in [-0.1, -0.05) is 12.8 Å². The minimum Gasteiger partial charge on any atom is -0.444 e. The van der Waals surface area contributed by atoms with Crippen LogP contribution < -0.4 is 10.6 Å². The van der Waals surface area contributed by atoms with E-state index in [2.05, 4.69) is 10.6 Å². The standard InChI is InChI=1S/C17H29N3O4/c1-17(2,3)24-16(23)18-10-11-7-5-6-8-12(11)19-13-9-14(21)20(4)15(13)22/h11-13,19H,5-10H2,1-4H3,(H,18,23). The van der Waals surface area contributed by atoms with Crippen LogP contribution in [0.3, 0.4) is 0 Å². The van der Waals surface area contributed by atoms with Crippen molar-refractivity contribution in [1.29, 1.82) is 0 Å². The summed E-state index contributed by atoms with van der Waals surface area (Å²) in [7, 11) is 1.52. The molecule has 3 unspecified atom stereocenters. The number of nitrogens with one attached hydrogen (secondary N) is 2. The zero-order valence-electron chi connectivity index (χ0n) is 15.1. The summed E-state index contributed by atoms with van der Waals surface area (Å²) >= 11 is 0. The first-order chi connectivity index (χ1) is 11.2. The highest BCUT2D eigenvalue weighted by Crippen LogP contribution is 2.26. The van der Waals surface area contributed by atoms with Crippen molar-refractivity contribution in [2.45, 2.75) is 70.6 Å². The van der Waals surface area contributed by atoms with Crippen molar-refractivity contribution in [3.05, 3.63) is 0 Å². The lowest BCUT2D eigenvalue weighted by atomic mass is 9.84. The van der Waals surface area contributed by atoms with Gasteiger partial charge in [0.1, 0.15) is 5.60 Å². The maximum absolute atomic E-state index is 12.1. The average molecular weight is 339 g/mol. The number of amides is 3.